The summed E-state index contributed by atoms with van der Waals surface area (Å²) in [6, 6.07) is 5.02. The Labute approximate surface area is 196 Å². The highest BCUT2D eigenvalue weighted by molar-refractivity contribution is 7.90. The van der Waals surface area contributed by atoms with Crippen LogP contribution in [0.2, 0.25) is 0 Å². The smallest absolute Gasteiger partial charge is 0.286 e. The Kier molecular flexibility index (Phi) is 8.18. The van der Waals surface area contributed by atoms with Crippen LogP contribution in [0.5, 0.6) is 5.75 Å². The molecule has 0 fully saturated rings. The summed E-state index contributed by atoms with van der Waals surface area (Å²) in [6.07, 6.45) is -0.137. The minimum absolute atomic E-state index is 0.0659. The number of sulfonamides is 1. The van der Waals surface area contributed by atoms with Gasteiger partial charge in [-0.2, -0.15) is 18.1 Å². The topological polar surface area (TPSA) is 154 Å². The van der Waals surface area contributed by atoms with Crippen molar-refractivity contribution in [2.45, 2.75) is 36.9 Å². The number of aromatic nitrogens is 1. The summed E-state index contributed by atoms with van der Waals surface area (Å²) >= 11 is 0. The first-order valence-corrected chi connectivity index (χ1v) is 11.2. The molecule has 0 aliphatic rings. The minimum atomic E-state index is -4.26. The van der Waals surface area contributed by atoms with E-state index in [2.05, 4.69) is 28.3 Å². The second-order valence-electron chi connectivity index (χ2n) is 7.63. The Bertz CT molecular complexity index is 1310. The number of carbonyl (C=O) groups excluding carboxylic acids is 1. The maximum Gasteiger partial charge on any atom is 0.286 e. The van der Waals surface area contributed by atoms with Gasteiger partial charge in [0, 0.05) is 32.1 Å². The number of hydrogen-bond acceptors (Lipinski definition) is 7. The monoisotopic (exact) mass is 490 g/mol. The minimum Gasteiger partial charge on any atom is -0.490 e. The zero-order chi connectivity index (χ0) is 25.7. The molecule has 0 aliphatic carbocycles. The molecule has 12 heteroatoms. The highest BCUT2D eigenvalue weighted by Crippen LogP contribution is 2.32. The van der Waals surface area contributed by atoms with Gasteiger partial charge in [-0.15, -0.1) is 0 Å². The SMILES string of the molecule is C=NS(=O)(=O)c1cn(C)c(C(=O)Nc2ccc(F)c(C#N)c2)c1OCC[C@@H](O)C#CC(C)(C)O. The van der Waals surface area contributed by atoms with Crippen molar-refractivity contribution in [3.63, 3.8) is 0 Å². The molecule has 1 amide bonds. The van der Waals surface area contributed by atoms with Gasteiger partial charge in [0.15, 0.2) is 11.4 Å². The number of nitrogens with one attached hydrogen (secondary N) is 1. The molecule has 0 unspecified atom stereocenters. The lowest BCUT2D eigenvalue weighted by molar-refractivity contribution is 0.101. The summed E-state index contributed by atoms with van der Waals surface area (Å²) < 4.78 is 48.2. The average Bonchev–Trinajstić information content (AvgIpc) is 3.10. The Hall–Kier alpha value is -3.71. The van der Waals surface area contributed by atoms with Crippen molar-refractivity contribution < 1.29 is 32.6 Å². The fourth-order valence-corrected chi connectivity index (χ4v) is 3.54. The van der Waals surface area contributed by atoms with Gasteiger partial charge < -0.3 is 24.8 Å². The van der Waals surface area contributed by atoms with Crippen LogP contribution < -0.4 is 10.1 Å². The number of halogens is 1. The highest BCUT2D eigenvalue weighted by atomic mass is 32.2. The molecule has 10 nitrogen and oxygen atoms in total. The van der Waals surface area contributed by atoms with Gasteiger partial charge in [-0.05, 0) is 32.0 Å². The number of anilines is 1. The lowest BCUT2D eigenvalue weighted by atomic mass is 10.1. The van der Waals surface area contributed by atoms with Crippen LogP contribution in [-0.2, 0) is 17.1 Å². The van der Waals surface area contributed by atoms with Crippen LogP contribution in [0.15, 0.2) is 33.7 Å². The normalized spacial score (nSPS) is 12.1. The molecular formula is C22H23FN4O6S. The van der Waals surface area contributed by atoms with Crippen molar-refractivity contribution in [2.24, 2.45) is 11.4 Å². The third-order valence-electron chi connectivity index (χ3n) is 4.29. The van der Waals surface area contributed by atoms with Crippen molar-refractivity contribution in [1.82, 2.24) is 4.57 Å². The lowest BCUT2D eigenvalue weighted by Crippen LogP contribution is -2.19. The summed E-state index contributed by atoms with van der Waals surface area (Å²) in [5.41, 5.74) is -1.71. The molecule has 1 heterocycles. The molecule has 1 atom stereocenters. The number of amides is 1. The van der Waals surface area contributed by atoms with Crippen molar-refractivity contribution in [1.29, 1.82) is 5.26 Å². The summed E-state index contributed by atoms with van der Waals surface area (Å²) in [7, 11) is -2.86. The first kappa shape index (κ1) is 26.5. The number of nitrogens with zero attached hydrogens (tertiary/aromatic N) is 3. The Morgan fingerprint density at radius 1 is 1.44 bits per heavy atom. The predicted octanol–water partition coefficient (Wildman–Crippen LogP) is 1.58. The molecule has 1 aromatic carbocycles. The maximum absolute atomic E-state index is 13.6. The van der Waals surface area contributed by atoms with Crippen LogP contribution in [0, 0.1) is 29.0 Å². The third kappa shape index (κ3) is 6.65. The fraction of sp³-hybridized carbons (Fsp3) is 0.318. The number of carbonyl (C=O) groups is 1. The molecule has 34 heavy (non-hydrogen) atoms. The van der Waals surface area contributed by atoms with E-state index in [-0.39, 0.29) is 35.7 Å². The van der Waals surface area contributed by atoms with Gasteiger partial charge in [-0.25, -0.2) is 4.39 Å². The number of rotatable bonds is 8. The maximum atomic E-state index is 13.6. The molecule has 1 aromatic heterocycles. The Balaban J connectivity index is 2.36. The molecule has 2 rings (SSSR count). The average molecular weight is 491 g/mol. The van der Waals surface area contributed by atoms with Gasteiger partial charge in [0.25, 0.3) is 15.9 Å². The molecule has 0 saturated heterocycles. The number of aliphatic hydroxyl groups excluding tert-OH is 1. The summed E-state index contributed by atoms with van der Waals surface area (Å²) in [6.45, 7) is 5.68. The molecule has 0 aliphatic heterocycles. The van der Waals surface area contributed by atoms with Crippen LogP contribution in [0.3, 0.4) is 0 Å². The number of ether oxygens (including phenoxy) is 1. The number of hydrogen-bond donors (Lipinski definition) is 3. The van der Waals surface area contributed by atoms with Crippen molar-refractivity contribution in [3.8, 4) is 23.7 Å². The molecular weight excluding hydrogens is 467 g/mol. The molecule has 2 aromatic rings. The second-order valence-corrected chi connectivity index (χ2v) is 9.28. The van der Waals surface area contributed by atoms with E-state index in [9.17, 15) is 27.8 Å². The van der Waals surface area contributed by atoms with E-state index in [0.29, 0.717) is 0 Å². The highest BCUT2D eigenvalue weighted by Gasteiger charge is 2.29. The van der Waals surface area contributed by atoms with Gasteiger partial charge in [-0.1, -0.05) is 11.8 Å². The molecule has 180 valence electrons. The number of nitriles is 1. The standard InChI is InChI=1S/C22H23FN4O6S/c1-22(2,30)9-7-16(28)8-10-33-20-18(34(31,32)25-3)13-27(4)19(20)21(29)26-15-5-6-17(23)14(11-15)12-24/h5-6,11,13,16,28,30H,3,8,10H2,1-2,4H3,(H,26,29)/t16-/m0/s1. The Morgan fingerprint density at radius 2 is 2.12 bits per heavy atom. The second kappa shape index (κ2) is 10.5. The fourth-order valence-electron chi connectivity index (χ4n) is 2.72. The third-order valence-corrected chi connectivity index (χ3v) is 5.48. The zero-order valence-corrected chi connectivity index (χ0v) is 19.5. The lowest BCUT2D eigenvalue weighted by Gasteiger charge is -2.12. The van der Waals surface area contributed by atoms with Crippen LogP contribution in [0.4, 0.5) is 10.1 Å². The van der Waals surface area contributed by atoms with Gasteiger partial charge >= 0.3 is 0 Å². The van der Waals surface area contributed by atoms with E-state index < -0.39 is 38.3 Å². The Morgan fingerprint density at radius 3 is 2.71 bits per heavy atom. The number of aliphatic hydroxyl groups is 2. The van der Waals surface area contributed by atoms with Crippen LogP contribution in [0.25, 0.3) is 0 Å². The van der Waals surface area contributed by atoms with E-state index in [1.807, 2.05) is 0 Å². The summed E-state index contributed by atoms with van der Waals surface area (Å²) in [5, 5.41) is 31.0. The van der Waals surface area contributed by atoms with E-state index in [1.54, 1.807) is 6.07 Å². The number of aryl methyl sites for hydroxylation is 1. The van der Waals surface area contributed by atoms with E-state index in [0.717, 1.165) is 18.3 Å². The first-order valence-electron chi connectivity index (χ1n) is 9.78. The van der Waals surface area contributed by atoms with Crippen LogP contribution in [-0.4, -0.2) is 54.1 Å². The largest absolute Gasteiger partial charge is 0.490 e. The quantitative estimate of drug-likeness (QED) is 0.375. The molecule has 0 saturated carbocycles. The molecule has 0 bridgehead atoms. The van der Waals surface area contributed by atoms with Crippen LogP contribution >= 0.6 is 0 Å². The van der Waals surface area contributed by atoms with Crippen LogP contribution in [0.1, 0.15) is 36.3 Å². The van der Waals surface area contributed by atoms with Gasteiger partial charge in [-0.3, -0.25) is 4.79 Å². The number of benzene rings is 1. The van der Waals surface area contributed by atoms with Gasteiger partial charge in [0.05, 0.1) is 12.2 Å². The van der Waals surface area contributed by atoms with E-state index in [1.165, 1.54) is 31.5 Å². The molecule has 3 N–H and O–H groups in total. The van der Waals surface area contributed by atoms with E-state index >= 15 is 0 Å². The van der Waals surface area contributed by atoms with Gasteiger partial charge in [0.1, 0.15) is 28.5 Å². The summed E-state index contributed by atoms with van der Waals surface area (Å²) in [4.78, 5) is 12.5. The van der Waals surface area contributed by atoms with Gasteiger partial charge in [0.2, 0.25) is 0 Å². The predicted molar refractivity (Wildman–Crippen MR) is 121 cm³/mol. The first-order chi connectivity index (χ1) is 15.8. The van der Waals surface area contributed by atoms with Crippen molar-refractivity contribution >= 4 is 28.3 Å². The molecule has 0 spiro atoms. The van der Waals surface area contributed by atoms with Crippen molar-refractivity contribution in [3.05, 3.63) is 41.5 Å². The zero-order valence-electron chi connectivity index (χ0n) is 18.7. The molecule has 0 radical (unpaired) electrons. The van der Waals surface area contributed by atoms with E-state index in [4.69, 9.17) is 10.00 Å². The summed E-state index contributed by atoms with van der Waals surface area (Å²) in [5.74, 6) is 2.99. The van der Waals surface area contributed by atoms with Crippen molar-refractivity contribution in [2.75, 3.05) is 11.9 Å².